The molecule has 5 aromatic carbocycles. The molecule has 0 heterocycles. The molecule has 0 spiro atoms. The van der Waals surface area contributed by atoms with E-state index in [1.165, 1.54) is 0 Å². The summed E-state index contributed by atoms with van der Waals surface area (Å²) in [6.45, 7) is 1.48. The summed E-state index contributed by atoms with van der Waals surface area (Å²) in [6, 6.07) is 47.5. The summed E-state index contributed by atoms with van der Waals surface area (Å²) in [5, 5.41) is 3.49. The van der Waals surface area contributed by atoms with Crippen molar-refractivity contribution in [2.75, 3.05) is 0 Å². The molecule has 174 valence electrons. The molecular formula is C34H27OP. The SMILES string of the molecule is C=Cc1ccc(-c2ccc(C(=O)C=P(c3ccccc3)(c3ccccc3)c3ccccc3)cc2)cc1. The van der Waals surface area contributed by atoms with Gasteiger partial charge in [0.1, 0.15) is 0 Å². The predicted octanol–water partition coefficient (Wildman–Crippen LogP) is 6.98. The highest BCUT2D eigenvalue weighted by molar-refractivity contribution is 7.95. The lowest BCUT2D eigenvalue weighted by Crippen LogP contribution is -2.28. The minimum absolute atomic E-state index is 0.0356. The second-order valence-electron chi connectivity index (χ2n) is 8.63. The van der Waals surface area contributed by atoms with Gasteiger partial charge in [0.2, 0.25) is 0 Å². The molecule has 0 atom stereocenters. The topological polar surface area (TPSA) is 17.1 Å². The number of ketones is 1. The maximum Gasteiger partial charge on any atom is 0.186 e. The quantitative estimate of drug-likeness (QED) is 0.181. The van der Waals surface area contributed by atoms with Gasteiger partial charge in [-0.3, -0.25) is 4.79 Å². The smallest absolute Gasteiger partial charge is 0.186 e. The Labute approximate surface area is 213 Å². The van der Waals surface area contributed by atoms with Crippen molar-refractivity contribution in [1.82, 2.24) is 0 Å². The Morgan fingerprint density at radius 1 is 0.528 bits per heavy atom. The Hall–Kier alpha value is -4.19. The minimum Gasteiger partial charge on any atom is -0.289 e. The van der Waals surface area contributed by atoms with Gasteiger partial charge in [-0.25, -0.2) is 0 Å². The standard InChI is InChI=1S/C34H27OP/c1-2-27-18-20-28(21-19-27)29-22-24-30(25-23-29)34(35)26-36(31-12-6-3-7-13-31,32-14-8-4-9-15-32)33-16-10-5-11-17-33/h2-26H,1H2. The van der Waals surface area contributed by atoms with E-state index in [1.54, 1.807) is 0 Å². The van der Waals surface area contributed by atoms with Crippen LogP contribution < -0.4 is 15.9 Å². The summed E-state index contributed by atoms with van der Waals surface area (Å²) in [7, 11) is 0. The molecule has 0 saturated carbocycles. The first-order valence-electron chi connectivity index (χ1n) is 12.0. The maximum absolute atomic E-state index is 13.9. The number of rotatable bonds is 7. The fourth-order valence-corrected chi connectivity index (χ4v) is 8.32. The van der Waals surface area contributed by atoms with E-state index in [1.807, 2.05) is 66.5 Å². The zero-order valence-electron chi connectivity index (χ0n) is 20.0. The number of benzene rings is 5. The monoisotopic (exact) mass is 482 g/mol. The number of Topliss-reactive ketones (excluding diaryl/α,β-unsaturated/α-hetero) is 1. The van der Waals surface area contributed by atoms with Crippen molar-refractivity contribution in [2.45, 2.75) is 0 Å². The van der Waals surface area contributed by atoms with Crippen LogP contribution in [0.1, 0.15) is 15.9 Å². The molecule has 0 unspecified atom stereocenters. The molecule has 5 aromatic rings. The van der Waals surface area contributed by atoms with Gasteiger partial charge in [-0.2, -0.15) is 0 Å². The molecule has 0 fully saturated rings. The highest BCUT2D eigenvalue weighted by Gasteiger charge is 2.26. The largest absolute Gasteiger partial charge is 0.289 e. The van der Waals surface area contributed by atoms with Crippen LogP contribution in [0.25, 0.3) is 17.2 Å². The van der Waals surface area contributed by atoms with E-state index in [0.717, 1.165) is 32.6 Å². The van der Waals surface area contributed by atoms with E-state index in [-0.39, 0.29) is 5.78 Å². The fraction of sp³-hybridized carbons (Fsp3) is 0. The molecule has 0 saturated heterocycles. The zero-order valence-corrected chi connectivity index (χ0v) is 20.9. The van der Waals surface area contributed by atoms with Crippen molar-refractivity contribution in [3.63, 3.8) is 0 Å². The predicted molar refractivity (Wildman–Crippen MR) is 158 cm³/mol. The lowest BCUT2D eigenvalue weighted by molar-refractivity contribution is 0.107. The first kappa shape index (κ1) is 23.5. The number of hydrogen-bond acceptors (Lipinski definition) is 1. The second-order valence-corrected chi connectivity index (χ2v) is 11.9. The van der Waals surface area contributed by atoms with Crippen LogP contribution in [-0.4, -0.2) is 11.6 Å². The average Bonchev–Trinajstić information content (AvgIpc) is 2.97. The van der Waals surface area contributed by atoms with Gasteiger partial charge in [0.05, 0.1) is 0 Å². The van der Waals surface area contributed by atoms with Gasteiger partial charge in [-0.15, -0.1) is 0 Å². The number of hydrogen-bond donors (Lipinski definition) is 0. The summed E-state index contributed by atoms with van der Waals surface area (Å²) in [6.07, 6.45) is 1.84. The normalized spacial score (nSPS) is 11.0. The minimum atomic E-state index is -2.34. The summed E-state index contributed by atoms with van der Waals surface area (Å²) >= 11 is 0. The molecule has 0 N–H and O–H groups in total. The first-order chi connectivity index (χ1) is 17.7. The molecule has 2 heteroatoms. The number of carbonyl (C=O) groups is 1. The van der Waals surface area contributed by atoms with Crippen molar-refractivity contribution < 1.29 is 4.79 Å². The molecule has 0 aliphatic carbocycles. The third-order valence-electron chi connectivity index (χ3n) is 6.45. The summed E-state index contributed by atoms with van der Waals surface area (Å²) in [5.74, 6) is 2.02. The van der Waals surface area contributed by atoms with Crippen LogP contribution >= 0.6 is 6.89 Å². The third kappa shape index (κ3) is 4.67. The zero-order chi connectivity index (χ0) is 24.8. The Morgan fingerprint density at radius 3 is 1.31 bits per heavy atom. The van der Waals surface area contributed by atoms with Crippen molar-refractivity contribution in [1.29, 1.82) is 0 Å². The Bertz CT molecular complexity index is 1410. The van der Waals surface area contributed by atoms with Gasteiger partial charge in [-0.1, -0.05) is 152 Å². The van der Waals surface area contributed by atoms with Crippen LogP contribution in [0.3, 0.4) is 0 Å². The van der Waals surface area contributed by atoms with Crippen molar-refractivity contribution in [2.24, 2.45) is 0 Å². The maximum atomic E-state index is 13.9. The van der Waals surface area contributed by atoms with Crippen LogP contribution in [0.5, 0.6) is 0 Å². The van der Waals surface area contributed by atoms with E-state index in [4.69, 9.17) is 0 Å². The van der Waals surface area contributed by atoms with Crippen LogP contribution in [0.2, 0.25) is 0 Å². The molecule has 1 nitrogen and oxygen atoms in total. The summed E-state index contributed by atoms with van der Waals surface area (Å²) < 4.78 is 0. The van der Waals surface area contributed by atoms with Crippen LogP contribution in [0.15, 0.2) is 146 Å². The molecular weight excluding hydrogens is 455 g/mol. The highest BCUT2D eigenvalue weighted by Crippen LogP contribution is 2.43. The van der Waals surface area contributed by atoms with Gasteiger partial charge in [0.15, 0.2) is 5.78 Å². The van der Waals surface area contributed by atoms with Gasteiger partial charge in [0.25, 0.3) is 0 Å². The lowest BCUT2D eigenvalue weighted by Gasteiger charge is -2.28. The fourth-order valence-electron chi connectivity index (χ4n) is 4.55. The summed E-state index contributed by atoms with van der Waals surface area (Å²) in [5.41, 5.74) is 3.97. The van der Waals surface area contributed by atoms with Gasteiger partial charge in [0, 0.05) is 5.56 Å². The van der Waals surface area contributed by atoms with Gasteiger partial charge < -0.3 is 0 Å². The van der Waals surface area contributed by atoms with Crippen LogP contribution in [0, 0.1) is 0 Å². The van der Waals surface area contributed by atoms with Crippen LogP contribution in [-0.2, 0) is 0 Å². The van der Waals surface area contributed by atoms with Gasteiger partial charge in [-0.05, 0) is 45.3 Å². The van der Waals surface area contributed by atoms with E-state index in [2.05, 4.69) is 91.5 Å². The Balaban J connectivity index is 1.64. The molecule has 0 radical (unpaired) electrons. The molecule has 0 amide bonds. The average molecular weight is 483 g/mol. The van der Waals surface area contributed by atoms with Crippen molar-refractivity contribution >= 4 is 40.5 Å². The van der Waals surface area contributed by atoms with Crippen molar-refractivity contribution in [3.05, 3.63) is 157 Å². The van der Waals surface area contributed by atoms with Gasteiger partial charge >= 0.3 is 0 Å². The van der Waals surface area contributed by atoms with Crippen LogP contribution in [0.4, 0.5) is 0 Å². The molecule has 0 aliphatic heterocycles. The Morgan fingerprint density at radius 2 is 0.917 bits per heavy atom. The summed E-state index contributed by atoms with van der Waals surface area (Å²) in [4.78, 5) is 13.9. The Kier molecular flexibility index (Phi) is 6.94. The molecule has 0 bridgehead atoms. The lowest BCUT2D eigenvalue weighted by atomic mass is 10.0. The third-order valence-corrected chi connectivity index (χ3v) is 10.4. The van der Waals surface area contributed by atoms with E-state index in [0.29, 0.717) is 5.56 Å². The second kappa shape index (κ2) is 10.6. The molecule has 0 aromatic heterocycles. The van der Waals surface area contributed by atoms with E-state index < -0.39 is 6.89 Å². The highest BCUT2D eigenvalue weighted by atomic mass is 31.2. The van der Waals surface area contributed by atoms with E-state index in [9.17, 15) is 4.79 Å². The van der Waals surface area contributed by atoms with Crippen molar-refractivity contribution in [3.8, 4) is 11.1 Å². The molecule has 0 aliphatic rings. The van der Waals surface area contributed by atoms with E-state index >= 15 is 0 Å². The molecule has 5 rings (SSSR count). The first-order valence-corrected chi connectivity index (χ1v) is 13.9. The molecule has 36 heavy (non-hydrogen) atoms. The number of carbonyl (C=O) groups excluding carboxylic acids is 1.